The van der Waals surface area contributed by atoms with Crippen molar-refractivity contribution in [2.75, 3.05) is 6.54 Å². The molecule has 1 aliphatic rings. The molecule has 1 amide bonds. The highest BCUT2D eigenvalue weighted by molar-refractivity contribution is 7.12. The number of hydrogen-bond acceptors (Lipinski definition) is 3. The van der Waals surface area contributed by atoms with Gasteiger partial charge in [0.25, 0.3) is 0 Å². The Morgan fingerprint density at radius 3 is 2.43 bits per heavy atom. The zero-order valence-electron chi connectivity index (χ0n) is 13.8. The lowest BCUT2D eigenvalue weighted by Gasteiger charge is -2.27. The number of hydrogen-bond donors (Lipinski definition) is 1. The smallest absolute Gasteiger partial charge is 0.241 e. The standard InChI is InChI=1S/C17H28N2OS/c1-6-13(7-2)10-19-16(14-9-8-12(5)21-14)18-15(11(3)4)17(19)20/h8-9,11,13,15-16,18H,6-7,10H2,1-5H3. The molecule has 0 saturated carbocycles. The summed E-state index contributed by atoms with van der Waals surface area (Å²) in [5.41, 5.74) is 0. The lowest BCUT2D eigenvalue weighted by atomic mass is 10.0. The molecule has 3 nitrogen and oxygen atoms in total. The molecule has 1 aliphatic heterocycles. The van der Waals surface area contributed by atoms with Gasteiger partial charge in [0.1, 0.15) is 6.17 Å². The minimum absolute atomic E-state index is 0.0493. The Bertz CT molecular complexity index is 479. The SMILES string of the molecule is CCC(CC)CN1C(=O)C(C(C)C)NC1c1ccc(C)s1. The molecule has 21 heavy (non-hydrogen) atoms. The van der Waals surface area contributed by atoms with Gasteiger partial charge in [-0.2, -0.15) is 0 Å². The second-order valence-electron chi connectivity index (χ2n) is 6.41. The van der Waals surface area contributed by atoms with Crippen molar-refractivity contribution >= 4 is 17.2 Å². The van der Waals surface area contributed by atoms with Crippen molar-refractivity contribution in [3.05, 3.63) is 21.9 Å². The van der Waals surface area contributed by atoms with E-state index in [2.05, 4.69) is 57.0 Å². The zero-order chi connectivity index (χ0) is 15.6. The Morgan fingerprint density at radius 2 is 1.95 bits per heavy atom. The first-order valence-electron chi connectivity index (χ1n) is 8.10. The van der Waals surface area contributed by atoms with Crippen molar-refractivity contribution in [1.29, 1.82) is 0 Å². The van der Waals surface area contributed by atoms with Gasteiger partial charge in [-0.1, -0.05) is 40.5 Å². The van der Waals surface area contributed by atoms with Gasteiger partial charge in [0.05, 0.1) is 6.04 Å². The van der Waals surface area contributed by atoms with Crippen molar-refractivity contribution in [3.63, 3.8) is 0 Å². The summed E-state index contributed by atoms with van der Waals surface area (Å²) in [6.45, 7) is 11.7. The number of thiophene rings is 1. The topological polar surface area (TPSA) is 32.3 Å². The van der Waals surface area contributed by atoms with E-state index in [-0.39, 0.29) is 18.1 Å². The third kappa shape index (κ3) is 3.49. The van der Waals surface area contributed by atoms with Crippen LogP contribution in [0.2, 0.25) is 0 Å². The molecule has 2 heterocycles. The number of amides is 1. The molecule has 4 heteroatoms. The van der Waals surface area contributed by atoms with Gasteiger partial charge in [-0.3, -0.25) is 10.1 Å². The molecule has 0 radical (unpaired) electrons. The highest BCUT2D eigenvalue weighted by atomic mass is 32.1. The van der Waals surface area contributed by atoms with Crippen molar-refractivity contribution in [3.8, 4) is 0 Å². The molecule has 1 saturated heterocycles. The van der Waals surface area contributed by atoms with E-state index < -0.39 is 0 Å². The maximum absolute atomic E-state index is 12.8. The van der Waals surface area contributed by atoms with Gasteiger partial charge >= 0.3 is 0 Å². The van der Waals surface area contributed by atoms with E-state index in [0.717, 1.165) is 19.4 Å². The van der Waals surface area contributed by atoms with Crippen molar-refractivity contribution < 1.29 is 4.79 Å². The van der Waals surface area contributed by atoms with Gasteiger partial charge in [0, 0.05) is 16.3 Å². The monoisotopic (exact) mass is 308 g/mol. The molecule has 1 aromatic rings. The van der Waals surface area contributed by atoms with Gasteiger partial charge in [0.15, 0.2) is 0 Å². The number of carbonyl (C=O) groups excluding carboxylic acids is 1. The predicted octanol–water partition coefficient (Wildman–Crippen LogP) is 3.95. The summed E-state index contributed by atoms with van der Waals surface area (Å²) in [6, 6.07) is 4.25. The van der Waals surface area contributed by atoms with Gasteiger partial charge in [-0.05, 0) is 30.9 Å². The molecular formula is C17H28N2OS. The van der Waals surface area contributed by atoms with Gasteiger partial charge in [-0.15, -0.1) is 11.3 Å². The highest BCUT2D eigenvalue weighted by Gasteiger charge is 2.41. The quantitative estimate of drug-likeness (QED) is 0.863. The van der Waals surface area contributed by atoms with Crippen LogP contribution in [0.4, 0.5) is 0 Å². The lowest BCUT2D eigenvalue weighted by Crippen LogP contribution is -2.36. The van der Waals surface area contributed by atoms with Crippen LogP contribution < -0.4 is 5.32 Å². The van der Waals surface area contributed by atoms with Crippen LogP contribution in [0, 0.1) is 18.8 Å². The van der Waals surface area contributed by atoms with E-state index in [1.807, 2.05) is 0 Å². The summed E-state index contributed by atoms with van der Waals surface area (Å²) in [5.74, 6) is 1.19. The Labute approximate surface area is 132 Å². The molecule has 2 atom stereocenters. The first-order chi connectivity index (χ1) is 9.97. The minimum Gasteiger partial charge on any atom is -0.320 e. The van der Waals surface area contributed by atoms with Gasteiger partial charge < -0.3 is 4.90 Å². The Morgan fingerprint density at radius 1 is 1.29 bits per heavy atom. The predicted molar refractivity (Wildman–Crippen MR) is 89.3 cm³/mol. The number of nitrogens with zero attached hydrogens (tertiary/aromatic N) is 1. The first-order valence-corrected chi connectivity index (χ1v) is 8.92. The molecule has 1 fully saturated rings. The zero-order valence-corrected chi connectivity index (χ0v) is 14.7. The molecule has 2 rings (SSSR count). The summed E-state index contributed by atoms with van der Waals surface area (Å²) >= 11 is 1.79. The average Bonchev–Trinajstić information content (AvgIpc) is 3.00. The highest BCUT2D eigenvalue weighted by Crippen LogP contribution is 2.33. The second-order valence-corrected chi connectivity index (χ2v) is 7.73. The van der Waals surface area contributed by atoms with E-state index >= 15 is 0 Å². The lowest BCUT2D eigenvalue weighted by molar-refractivity contribution is -0.131. The van der Waals surface area contributed by atoms with E-state index in [9.17, 15) is 4.79 Å². The molecule has 2 unspecified atom stereocenters. The maximum atomic E-state index is 12.8. The molecule has 0 spiro atoms. The van der Waals surface area contributed by atoms with Crippen molar-refractivity contribution in [2.45, 2.75) is 59.7 Å². The first kappa shape index (κ1) is 16.5. The summed E-state index contributed by atoms with van der Waals surface area (Å²) in [6.07, 6.45) is 2.32. The summed E-state index contributed by atoms with van der Waals surface area (Å²) in [7, 11) is 0. The minimum atomic E-state index is -0.0493. The maximum Gasteiger partial charge on any atom is 0.241 e. The largest absolute Gasteiger partial charge is 0.320 e. The Balaban J connectivity index is 2.24. The average molecular weight is 308 g/mol. The molecule has 118 valence electrons. The van der Waals surface area contributed by atoms with Crippen LogP contribution in [0.1, 0.15) is 56.5 Å². The van der Waals surface area contributed by atoms with Gasteiger partial charge in [-0.25, -0.2) is 0 Å². The van der Waals surface area contributed by atoms with Gasteiger partial charge in [0.2, 0.25) is 5.91 Å². The Kier molecular flexibility index (Phi) is 5.44. The van der Waals surface area contributed by atoms with Crippen LogP contribution in [0.3, 0.4) is 0 Å². The van der Waals surface area contributed by atoms with Crippen LogP contribution in [0.5, 0.6) is 0 Å². The van der Waals surface area contributed by atoms with Crippen molar-refractivity contribution in [1.82, 2.24) is 10.2 Å². The number of carbonyl (C=O) groups is 1. The van der Waals surface area contributed by atoms with E-state index in [1.165, 1.54) is 9.75 Å². The summed E-state index contributed by atoms with van der Waals surface area (Å²) in [4.78, 5) is 17.4. The third-order valence-corrected chi connectivity index (χ3v) is 5.56. The van der Waals surface area contributed by atoms with Crippen LogP contribution in [0.15, 0.2) is 12.1 Å². The van der Waals surface area contributed by atoms with E-state index in [4.69, 9.17) is 0 Å². The molecular weight excluding hydrogens is 280 g/mol. The van der Waals surface area contributed by atoms with Crippen LogP contribution >= 0.6 is 11.3 Å². The number of aryl methyl sites for hydroxylation is 1. The van der Waals surface area contributed by atoms with E-state index in [1.54, 1.807) is 11.3 Å². The fourth-order valence-electron chi connectivity index (χ4n) is 2.97. The summed E-state index contributed by atoms with van der Waals surface area (Å²) in [5, 5.41) is 3.56. The molecule has 0 bridgehead atoms. The second kappa shape index (κ2) is 6.93. The molecule has 1 N–H and O–H groups in total. The van der Waals surface area contributed by atoms with E-state index in [0.29, 0.717) is 11.8 Å². The van der Waals surface area contributed by atoms with Crippen LogP contribution in [-0.4, -0.2) is 23.4 Å². The number of nitrogens with one attached hydrogen (secondary N) is 1. The van der Waals surface area contributed by atoms with Crippen LogP contribution in [-0.2, 0) is 4.79 Å². The molecule has 0 aromatic carbocycles. The Hall–Kier alpha value is -0.870. The molecule has 0 aliphatic carbocycles. The molecule has 1 aromatic heterocycles. The fourth-order valence-corrected chi connectivity index (χ4v) is 3.92. The fraction of sp³-hybridized carbons (Fsp3) is 0.706. The summed E-state index contributed by atoms with van der Waals surface area (Å²) < 4.78 is 0. The number of rotatable bonds is 6. The third-order valence-electron chi connectivity index (χ3n) is 4.51. The van der Waals surface area contributed by atoms with Crippen LogP contribution in [0.25, 0.3) is 0 Å². The van der Waals surface area contributed by atoms with Crippen molar-refractivity contribution in [2.24, 2.45) is 11.8 Å². The normalized spacial score (nSPS) is 22.8.